The summed E-state index contributed by atoms with van der Waals surface area (Å²) in [4.78, 5) is 29.5. The van der Waals surface area contributed by atoms with Gasteiger partial charge in [0.1, 0.15) is 35.5 Å². The molecule has 2 amide bonds. The van der Waals surface area contributed by atoms with E-state index in [1.54, 1.807) is 36.0 Å². The summed E-state index contributed by atoms with van der Waals surface area (Å²) in [6.07, 6.45) is 3.38. The van der Waals surface area contributed by atoms with E-state index in [1.165, 1.54) is 10.9 Å². The summed E-state index contributed by atoms with van der Waals surface area (Å²) >= 11 is 7.82. The van der Waals surface area contributed by atoms with Crippen molar-refractivity contribution in [1.29, 1.82) is 0 Å². The van der Waals surface area contributed by atoms with Crippen LogP contribution in [-0.4, -0.2) is 81.5 Å². The van der Waals surface area contributed by atoms with Crippen molar-refractivity contribution < 1.29 is 23.5 Å². The first kappa shape index (κ1) is 29.3. The van der Waals surface area contributed by atoms with Crippen molar-refractivity contribution in [3.63, 3.8) is 0 Å². The van der Waals surface area contributed by atoms with E-state index < -0.39 is 6.67 Å². The second kappa shape index (κ2) is 14.6. The molecule has 0 aliphatic heterocycles. The number of amides is 2. The van der Waals surface area contributed by atoms with Gasteiger partial charge in [0.2, 0.25) is 0 Å². The summed E-state index contributed by atoms with van der Waals surface area (Å²) in [7, 11) is 0. The van der Waals surface area contributed by atoms with Crippen molar-refractivity contribution >= 4 is 40.8 Å². The largest absolute Gasteiger partial charge is 0.489 e. The van der Waals surface area contributed by atoms with E-state index in [0.717, 1.165) is 11.3 Å². The number of thioether (sulfide) groups is 1. The number of imidazole rings is 1. The van der Waals surface area contributed by atoms with E-state index in [-0.39, 0.29) is 37.3 Å². The van der Waals surface area contributed by atoms with E-state index >= 15 is 0 Å². The third-order valence-corrected chi connectivity index (χ3v) is 6.81. The van der Waals surface area contributed by atoms with E-state index in [2.05, 4.69) is 25.9 Å². The van der Waals surface area contributed by atoms with Gasteiger partial charge < -0.3 is 20.1 Å². The molecule has 0 unspecified atom stereocenters. The zero-order valence-corrected chi connectivity index (χ0v) is 23.4. The van der Waals surface area contributed by atoms with Crippen LogP contribution in [0, 0.1) is 0 Å². The van der Waals surface area contributed by atoms with E-state index in [4.69, 9.17) is 21.1 Å². The quantitative estimate of drug-likeness (QED) is 0.160. The number of nitrogens with zero attached hydrogens (tertiary/aromatic N) is 5. The minimum atomic E-state index is -0.586. The van der Waals surface area contributed by atoms with Crippen LogP contribution in [0.2, 0.25) is 5.15 Å². The second-order valence-corrected chi connectivity index (χ2v) is 9.85. The monoisotopic (exact) mass is 589 g/mol. The first-order valence-corrected chi connectivity index (χ1v) is 14.1. The summed E-state index contributed by atoms with van der Waals surface area (Å²) < 4.78 is 26.4. The Labute approximate surface area is 239 Å². The molecular formula is C26H29ClFN7O4S. The van der Waals surface area contributed by atoms with Crippen LogP contribution in [0.4, 0.5) is 4.39 Å². The topological polar surface area (TPSA) is 125 Å². The van der Waals surface area contributed by atoms with Gasteiger partial charge in [-0.1, -0.05) is 22.9 Å². The molecule has 2 N–H and O–H groups in total. The number of ether oxygens (including phenoxy) is 2. The highest BCUT2D eigenvalue weighted by atomic mass is 35.5. The highest BCUT2D eigenvalue weighted by Crippen LogP contribution is 2.24. The molecule has 4 aromatic rings. The van der Waals surface area contributed by atoms with Gasteiger partial charge >= 0.3 is 0 Å². The lowest BCUT2D eigenvalue weighted by Crippen LogP contribution is -2.26. The summed E-state index contributed by atoms with van der Waals surface area (Å²) in [6.45, 7) is 2.42. The predicted octanol–water partition coefficient (Wildman–Crippen LogP) is 3.35. The van der Waals surface area contributed by atoms with Crippen LogP contribution in [0.3, 0.4) is 0 Å². The Kier molecular flexibility index (Phi) is 10.7. The Balaban J connectivity index is 1.33. The first-order chi connectivity index (χ1) is 19.5. The third kappa shape index (κ3) is 7.71. The molecular weight excluding hydrogens is 561 g/mol. The van der Waals surface area contributed by atoms with Gasteiger partial charge in [-0.2, -0.15) is 11.8 Å². The number of benzene rings is 1. The Morgan fingerprint density at radius 3 is 2.77 bits per heavy atom. The maximum atomic E-state index is 12.7. The van der Waals surface area contributed by atoms with Crippen molar-refractivity contribution in [3.05, 3.63) is 70.9 Å². The number of carbonyl (C=O) groups is 2. The molecule has 0 fully saturated rings. The molecule has 212 valence electrons. The molecule has 1 aromatic carbocycles. The number of halogens is 2. The van der Waals surface area contributed by atoms with Crippen LogP contribution in [0.5, 0.6) is 5.75 Å². The van der Waals surface area contributed by atoms with Crippen molar-refractivity contribution in [1.82, 2.24) is 35.0 Å². The summed E-state index contributed by atoms with van der Waals surface area (Å²) in [5.41, 5.74) is 2.69. The molecule has 0 saturated heterocycles. The number of hydrogen-bond acceptors (Lipinski definition) is 8. The number of alkyl halides is 1. The minimum absolute atomic E-state index is 0.0232. The van der Waals surface area contributed by atoms with Crippen molar-refractivity contribution in [2.24, 2.45) is 0 Å². The van der Waals surface area contributed by atoms with Crippen molar-refractivity contribution in [2.75, 3.05) is 45.3 Å². The van der Waals surface area contributed by atoms with Crippen LogP contribution in [0.15, 0.2) is 48.8 Å². The lowest BCUT2D eigenvalue weighted by Gasteiger charge is -2.13. The number of nitrogens with one attached hydrogen (secondary N) is 2. The standard InChI is InChI=1S/C26H29ClFN7O4S/c1-2-29-25(36)18-6-7-21(22(14-18)39-12-11-38-10-8-28)35-16-20(32-33-35)26(37)30-9-13-40-17-19-15-34-23(27)4-3-5-24(34)31-19/h3-7,14-16H,2,8-13,17H2,1H3,(H,29,36)(H,30,37). The fourth-order valence-corrected chi connectivity index (χ4v) is 4.62. The molecule has 0 radical (unpaired) electrons. The third-order valence-electron chi connectivity index (χ3n) is 5.51. The average Bonchev–Trinajstić information content (AvgIpc) is 3.61. The normalized spacial score (nSPS) is 11.1. The van der Waals surface area contributed by atoms with Gasteiger partial charge in [-0.3, -0.25) is 14.0 Å². The highest BCUT2D eigenvalue weighted by Gasteiger charge is 2.16. The lowest BCUT2D eigenvalue weighted by atomic mass is 10.1. The summed E-state index contributed by atoms with van der Waals surface area (Å²) in [5, 5.41) is 14.2. The van der Waals surface area contributed by atoms with Gasteiger partial charge in [0, 0.05) is 36.4 Å². The first-order valence-electron chi connectivity index (χ1n) is 12.6. The molecule has 40 heavy (non-hydrogen) atoms. The number of fused-ring (bicyclic) bond motifs is 1. The van der Waals surface area contributed by atoms with Gasteiger partial charge in [0.05, 0.1) is 25.1 Å². The molecule has 0 aliphatic carbocycles. The lowest BCUT2D eigenvalue weighted by molar-refractivity contribution is 0.0894. The second-order valence-electron chi connectivity index (χ2n) is 8.36. The molecule has 0 saturated carbocycles. The maximum Gasteiger partial charge on any atom is 0.273 e. The van der Waals surface area contributed by atoms with Crippen LogP contribution in [0.1, 0.15) is 33.5 Å². The molecule has 11 nitrogen and oxygen atoms in total. The Bertz CT molecular complexity index is 1450. The number of aromatic nitrogens is 5. The van der Waals surface area contributed by atoms with Crippen molar-refractivity contribution in [2.45, 2.75) is 12.7 Å². The Hall–Kier alpha value is -3.68. The minimum Gasteiger partial charge on any atom is -0.489 e. The smallest absolute Gasteiger partial charge is 0.273 e. The van der Waals surface area contributed by atoms with E-state index in [9.17, 15) is 14.0 Å². The van der Waals surface area contributed by atoms with Crippen molar-refractivity contribution in [3.8, 4) is 11.4 Å². The zero-order chi connectivity index (χ0) is 28.3. The zero-order valence-electron chi connectivity index (χ0n) is 21.8. The number of rotatable bonds is 15. The van der Waals surface area contributed by atoms with E-state index in [0.29, 0.717) is 46.7 Å². The number of carbonyl (C=O) groups excluding carboxylic acids is 2. The average molecular weight is 590 g/mol. The van der Waals surface area contributed by atoms with Crippen LogP contribution >= 0.6 is 23.4 Å². The fraction of sp³-hybridized carbons (Fsp3) is 0.346. The fourth-order valence-electron chi connectivity index (χ4n) is 3.68. The molecule has 3 aromatic heterocycles. The predicted molar refractivity (Wildman–Crippen MR) is 150 cm³/mol. The SMILES string of the molecule is CCNC(=O)c1ccc(-n2cc(C(=O)NCCSCc3cn4c(Cl)cccc4n3)nn2)c(OCCOCCF)c1. The van der Waals surface area contributed by atoms with Crippen LogP contribution < -0.4 is 15.4 Å². The van der Waals surface area contributed by atoms with Gasteiger partial charge in [-0.25, -0.2) is 14.1 Å². The molecule has 0 atom stereocenters. The van der Waals surface area contributed by atoms with Crippen LogP contribution in [-0.2, 0) is 10.5 Å². The van der Waals surface area contributed by atoms with Gasteiger partial charge in [0.15, 0.2) is 5.69 Å². The number of pyridine rings is 1. The van der Waals surface area contributed by atoms with Gasteiger partial charge in [-0.05, 0) is 37.3 Å². The Morgan fingerprint density at radius 1 is 1.10 bits per heavy atom. The molecule has 0 spiro atoms. The highest BCUT2D eigenvalue weighted by molar-refractivity contribution is 7.98. The van der Waals surface area contributed by atoms with E-state index in [1.807, 2.05) is 29.7 Å². The summed E-state index contributed by atoms with van der Waals surface area (Å²) in [6, 6.07) is 10.4. The van der Waals surface area contributed by atoms with Gasteiger partial charge in [0.25, 0.3) is 11.8 Å². The van der Waals surface area contributed by atoms with Crippen LogP contribution in [0.25, 0.3) is 11.3 Å². The molecule has 0 bridgehead atoms. The Morgan fingerprint density at radius 2 is 1.98 bits per heavy atom. The molecule has 14 heteroatoms. The maximum absolute atomic E-state index is 12.7. The molecule has 3 heterocycles. The van der Waals surface area contributed by atoms with Gasteiger partial charge in [-0.15, -0.1) is 5.10 Å². The molecule has 4 rings (SSSR count). The summed E-state index contributed by atoms with van der Waals surface area (Å²) in [5.74, 6) is 1.07. The number of hydrogen-bond donors (Lipinski definition) is 2. The molecule has 0 aliphatic rings.